The van der Waals surface area contributed by atoms with Crippen molar-refractivity contribution in [1.29, 1.82) is 0 Å². The number of hydrogen-bond donors (Lipinski definition) is 0. The first kappa shape index (κ1) is 15.8. The molecule has 0 N–H and O–H groups in total. The third kappa shape index (κ3) is 3.37. The summed E-state index contributed by atoms with van der Waals surface area (Å²) in [6, 6.07) is 5.43. The Bertz CT molecular complexity index is 546. The maximum Gasteiger partial charge on any atom is 0.410 e. The van der Waals surface area contributed by atoms with Crippen molar-refractivity contribution in [2.75, 3.05) is 13.7 Å². The second-order valence-corrected chi connectivity index (χ2v) is 5.37. The average molecular weight is 356 g/mol. The molecule has 0 saturated heterocycles. The lowest BCUT2D eigenvalue weighted by Crippen LogP contribution is -2.49. The van der Waals surface area contributed by atoms with Gasteiger partial charge in [0.25, 0.3) is 0 Å². The number of carbonyl (C=O) groups is 2. The number of benzene rings is 1. The van der Waals surface area contributed by atoms with Gasteiger partial charge in [0.1, 0.15) is 6.04 Å². The molecule has 0 bridgehead atoms. The van der Waals surface area contributed by atoms with Crippen molar-refractivity contribution in [3.63, 3.8) is 0 Å². The molecule has 1 atom stereocenters. The summed E-state index contributed by atoms with van der Waals surface area (Å²) in [5.74, 6) is -0.391. The van der Waals surface area contributed by atoms with Crippen molar-refractivity contribution >= 4 is 28.0 Å². The van der Waals surface area contributed by atoms with Crippen molar-refractivity contribution in [1.82, 2.24) is 4.90 Å². The van der Waals surface area contributed by atoms with Crippen molar-refractivity contribution in [3.8, 4) is 0 Å². The fourth-order valence-electron chi connectivity index (χ4n) is 2.48. The lowest BCUT2D eigenvalue weighted by atomic mass is 9.93. The van der Waals surface area contributed by atoms with E-state index in [-0.39, 0.29) is 0 Å². The van der Waals surface area contributed by atoms with Crippen LogP contribution in [0.1, 0.15) is 23.6 Å². The van der Waals surface area contributed by atoms with Gasteiger partial charge in [-0.15, -0.1) is 0 Å². The third-order valence-electron chi connectivity index (χ3n) is 3.52. The molecule has 0 saturated carbocycles. The van der Waals surface area contributed by atoms with Crippen LogP contribution in [0.3, 0.4) is 0 Å². The summed E-state index contributed by atoms with van der Waals surface area (Å²) in [6.07, 6.45) is -0.0623. The van der Waals surface area contributed by atoms with Crippen LogP contribution in [0.2, 0.25) is 0 Å². The summed E-state index contributed by atoms with van der Waals surface area (Å²) in [6.45, 7) is 2.40. The highest BCUT2D eigenvalue weighted by atomic mass is 79.9. The minimum absolute atomic E-state index is 0.290. The van der Waals surface area contributed by atoms with Gasteiger partial charge in [-0.1, -0.05) is 34.1 Å². The van der Waals surface area contributed by atoms with Gasteiger partial charge in [0.2, 0.25) is 0 Å². The Hall–Kier alpha value is -1.56. The van der Waals surface area contributed by atoms with E-state index in [4.69, 9.17) is 9.47 Å². The number of rotatable bonds is 3. The molecular formula is C15H18BrNO4. The lowest BCUT2D eigenvalue weighted by molar-refractivity contribution is -0.149. The zero-order chi connectivity index (χ0) is 15.4. The van der Waals surface area contributed by atoms with E-state index < -0.39 is 18.1 Å². The Morgan fingerprint density at radius 1 is 1.38 bits per heavy atom. The quantitative estimate of drug-likeness (QED) is 0.617. The Balaban J connectivity index is 2.33. The SMILES string of the molecule is CCOC(=O)C1Cc2cc(CBr)ccc2CN1C(=O)OC. The summed E-state index contributed by atoms with van der Waals surface area (Å²) in [7, 11) is 1.31. The maximum absolute atomic E-state index is 12.1. The summed E-state index contributed by atoms with van der Waals surface area (Å²) >= 11 is 3.42. The monoisotopic (exact) mass is 355 g/mol. The third-order valence-corrected chi connectivity index (χ3v) is 4.17. The van der Waals surface area contributed by atoms with Gasteiger partial charge in [-0.2, -0.15) is 0 Å². The highest BCUT2D eigenvalue weighted by molar-refractivity contribution is 9.08. The second-order valence-electron chi connectivity index (χ2n) is 4.81. The van der Waals surface area contributed by atoms with Crippen LogP contribution in [0, 0.1) is 0 Å². The number of halogens is 1. The second kappa shape index (κ2) is 6.93. The van der Waals surface area contributed by atoms with Crippen molar-refractivity contribution in [2.45, 2.75) is 31.3 Å². The van der Waals surface area contributed by atoms with Gasteiger partial charge in [0.05, 0.1) is 20.3 Å². The first-order valence-corrected chi connectivity index (χ1v) is 7.90. The Morgan fingerprint density at radius 3 is 2.76 bits per heavy atom. The van der Waals surface area contributed by atoms with Crippen LogP contribution in [-0.2, 0) is 32.6 Å². The van der Waals surface area contributed by atoms with Crippen LogP contribution in [-0.4, -0.2) is 36.7 Å². The summed E-state index contributed by atoms with van der Waals surface area (Å²) < 4.78 is 9.86. The van der Waals surface area contributed by atoms with E-state index in [2.05, 4.69) is 22.0 Å². The highest BCUT2D eigenvalue weighted by Gasteiger charge is 2.36. The Kier molecular flexibility index (Phi) is 5.22. The van der Waals surface area contributed by atoms with Gasteiger partial charge >= 0.3 is 12.1 Å². The predicted octanol–water partition coefficient (Wildman–Crippen LogP) is 2.64. The Labute approximate surface area is 132 Å². The van der Waals surface area contributed by atoms with Gasteiger partial charge in [0.15, 0.2) is 0 Å². The van der Waals surface area contributed by atoms with E-state index in [1.54, 1.807) is 6.92 Å². The average Bonchev–Trinajstić information content (AvgIpc) is 2.52. The fourth-order valence-corrected chi connectivity index (χ4v) is 2.83. The van der Waals surface area contributed by atoms with Gasteiger partial charge in [-0.05, 0) is 23.6 Å². The van der Waals surface area contributed by atoms with Crippen LogP contribution in [0.25, 0.3) is 0 Å². The number of hydrogen-bond acceptors (Lipinski definition) is 4. The topological polar surface area (TPSA) is 55.8 Å². The van der Waals surface area contributed by atoms with Gasteiger partial charge < -0.3 is 9.47 Å². The van der Waals surface area contributed by atoms with Crippen LogP contribution < -0.4 is 0 Å². The number of fused-ring (bicyclic) bond motifs is 1. The zero-order valence-corrected chi connectivity index (χ0v) is 13.7. The minimum atomic E-state index is -0.629. The number of alkyl halides is 1. The normalized spacial score (nSPS) is 17.1. The standard InChI is InChI=1S/C15H18BrNO4/c1-3-21-14(18)13-7-12-6-10(8-16)4-5-11(12)9-17(13)15(19)20-2/h4-6,13H,3,7-9H2,1-2H3. The maximum atomic E-state index is 12.1. The summed E-state index contributed by atoms with van der Waals surface area (Å²) in [5, 5.41) is 0.755. The van der Waals surface area contributed by atoms with E-state index in [9.17, 15) is 9.59 Å². The molecule has 1 unspecified atom stereocenters. The smallest absolute Gasteiger partial charge is 0.410 e. The molecule has 21 heavy (non-hydrogen) atoms. The lowest BCUT2D eigenvalue weighted by Gasteiger charge is -2.34. The first-order chi connectivity index (χ1) is 10.1. The highest BCUT2D eigenvalue weighted by Crippen LogP contribution is 2.26. The van der Waals surface area contributed by atoms with Crippen molar-refractivity contribution in [3.05, 3.63) is 34.9 Å². The molecule has 0 aliphatic carbocycles. The van der Waals surface area contributed by atoms with Crippen LogP contribution in [0.5, 0.6) is 0 Å². The molecule has 0 aromatic heterocycles. The summed E-state index contributed by atoms with van der Waals surface area (Å²) in [4.78, 5) is 25.4. The molecule has 1 aromatic carbocycles. The van der Waals surface area contributed by atoms with E-state index in [1.807, 2.05) is 12.1 Å². The number of ether oxygens (including phenoxy) is 2. The largest absolute Gasteiger partial charge is 0.464 e. The molecule has 0 spiro atoms. The van der Waals surface area contributed by atoms with E-state index >= 15 is 0 Å². The van der Waals surface area contributed by atoms with Crippen LogP contribution in [0.4, 0.5) is 4.79 Å². The molecule has 1 aliphatic rings. The van der Waals surface area contributed by atoms with Gasteiger partial charge in [-0.25, -0.2) is 9.59 Å². The molecule has 2 rings (SSSR count). The van der Waals surface area contributed by atoms with E-state index in [1.165, 1.54) is 12.0 Å². The molecular weight excluding hydrogens is 338 g/mol. The molecule has 0 radical (unpaired) electrons. The van der Waals surface area contributed by atoms with Crippen LogP contribution >= 0.6 is 15.9 Å². The molecule has 1 heterocycles. The van der Waals surface area contributed by atoms with Crippen LogP contribution in [0.15, 0.2) is 18.2 Å². The molecule has 1 aliphatic heterocycles. The van der Waals surface area contributed by atoms with Crippen molar-refractivity contribution < 1.29 is 19.1 Å². The molecule has 6 heteroatoms. The fraction of sp³-hybridized carbons (Fsp3) is 0.467. The number of esters is 1. The van der Waals surface area contributed by atoms with Crippen molar-refractivity contribution in [2.24, 2.45) is 0 Å². The molecule has 0 fully saturated rings. The number of carbonyl (C=O) groups excluding carboxylic acids is 2. The first-order valence-electron chi connectivity index (χ1n) is 6.78. The minimum Gasteiger partial charge on any atom is -0.464 e. The van der Waals surface area contributed by atoms with E-state index in [0.29, 0.717) is 19.6 Å². The molecule has 1 aromatic rings. The van der Waals surface area contributed by atoms with Gasteiger partial charge in [0, 0.05) is 11.8 Å². The number of amides is 1. The van der Waals surface area contributed by atoms with E-state index in [0.717, 1.165) is 22.0 Å². The predicted molar refractivity (Wildman–Crippen MR) is 81.1 cm³/mol. The molecule has 1 amide bonds. The number of methoxy groups -OCH3 is 1. The molecule has 5 nitrogen and oxygen atoms in total. The Morgan fingerprint density at radius 2 is 2.14 bits per heavy atom. The van der Waals surface area contributed by atoms with Gasteiger partial charge in [-0.3, -0.25) is 4.90 Å². The molecule has 114 valence electrons. The number of nitrogens with zero attached hydrogens (tertiary/aromatic N) is 1. The summed E-state index contributed by atoms with van der Waals surface area (Å²) in [5.41, 5.74) is 3.25. The zero-order valence-electron chi connectivity index (χ0n) is 12.1.